The summed E-state index contributed by atoms with van der Waals surface area (Å²) in [7, 11) is 0. The maximum atomic E-state index is 11.7. The van der Waals surface area contributed by atoms with Gasteiger partial charge in [0.1, 0.15) is 17.2 Å². The fourth-order valence-corrected chi connectivity index (χ4v) is 1.90. The van der Waals surface area contributed by atoms with Gasteiger partial charge in [0.25, 0.3) is 5.91 Å². The molecule has 1 amide bonds. The molecule has 26 heavy (non-hydrogen) atoms. The fraction of sp³-hybridized carbons (Fsp3) is 0.167. The Hall–Kier alpha value is -3.55. The van der Waals surface area contributed by atoms with Gasteiger partial charge < -0.3 is 19.7 Å². The van der Waals surface area contributed by atoms with Gasteiger partial charge in [-0.1, -0.05) is 0 Å². The molecule has 0 aliphatic heterocycles. The molecule has 0 saturated heterocycles. The maximum absolute atomic E-state index is 11.7. The summed E-state index contributed by atoms with van der Waals surface area (Å²) in [5.41, 5.74) is 2.97. The smallest absolute Gasteiger partial charge is 0.338 e. The Kier molecular flexibility index (Phi) is 6.55. The van der Waals surface area contributed by atoms with Crippen molar-refractivity contribution >= 4 is 18.1 Å². The van der Waals surface area contributed by atoms with E-state index in [1.807, 2.05) is 0 Å². The molecule has 0 saturated carbocycles. The second-order valence-corrected chi connectivity index (χ2v) is 5.07. The lowest BCUT2D eigenvalue weighted by atomic mass is 10.2. The number of rotatable bonds is 7. The van der Waals surface area contributed by atoms with Gasteiger partial charge in [0.05, 0.1) is 18.4 Å². The van der Waals surface area contributed by atoms with Gasteiger partial charge in [-0.25, -0.2) is 10.2 Å². The second kappa shape index (κ2) is 9.07. The molecule has 0 fully saturated rings. The summed E-state index contributed by atoms with van der Waals surface area (Å²) in [5.74, 6) is -0.766. The van der Waals surface area contributed by atoms with E-state index in [4.69, 9.17) is 9.47 Å². The number of hydrogen-bond donors (Lipinski definition) is 3. The number of phenols is 2. The Morgan fingerprint density at radius 3 is 2.54 bits per heavy atom. The molecule has 136 valence electrons. The van der Waals surface area contributed by atoms with E-state index in [1.165, 1.54) is 30.5 Å². The van der Waals surface area contributed by atoms with Crippen molar-refractivity contribution in [2.45, 2.75) is 6.92 Å². The first-order chi connectivity index (χ1) is 12.5. The lowest BCUT2D eigenvalue weighted by Gasteiger charge is -2.06. The second-order valence-electron chi connectivity index (χ2n) is 5.07. The predicted molar refractivity (Wildman–Crippen MR) is 93.4 cm³/mol. The topological polar surface area (TPSA) is 117 Å². The first-order valence-electron chi connectivity index (χ1n) is 7.73. The fourth-order valence-electron chi connectivity index (χ4n) is 1.90. The summed E-state index contributed by atoms with van der Waals surface area (Å²) in [6.07, 6.45) is 1.24. The summed E-state index contributed by atoms with van der Waals surface area (Å²) < 4.78 is 10.2. The molecule has 0 aromatic heterocycles. The van der Waals surface area contributed by atoms with E-state index >= 15 is 0 Å². The lowest BCUT2D eigenvalue weighted by molar-refractivity contribution is -0.123. The Morgan fingerprint density at radius 2 is 1.88 bits per heavy atom. The average molecular weight is 358 g/mol. The van der Waals surface area contributed by atoms with Gasteiger partial charge >= 0.3 is 5.97 Å². The third-order valence-electron chi connectivity index (χ3n) is 3.14. The molecule has 2 rings (SSSR count). The molecule has 2 aromatic carbocycles. The molecule has 2 aromatic rings. The number of nitrogens with one attached hydrogen (secondary N) is 1. The van der Waals surface area contributed by atoms with Crippen LogP contribution in [0.4, 0.5) is 0 Å². The number of esters is 1. The van der Waals surface area contributed by atoms with E-state index in [9.17, 15) is 19.8 Å². The van der Waals surface area contributed by atoms with Crippen LogP contribution in [0.15, 0.2) is 47.6 Å². The maximum Gasteiger partial charge on any atom is 0.338 e. The molecule has 0 unspecified atom stereocenters. The molecule has 0 spiro atoms. The van der Waals surface area contributed by atoms with Crippen LogP contribution < -0.4 is 10.2 Å². The van der Waals surface area contributed by atoms with E-state index in [-0.39, 0.29) is 18.1 Å². The number of carbonyl (C=O) groups excluding carboxylic acids is 2. The minimum absolute atomic E-state index is 0.0777. The number of carbonyl (C=O) groups is 2. The van der Waals surface area contributed by atoms with Crippen molar-refractivity contribution in [1.29, 1.82) is 0 Å². The van der Waals surface area contributed by atoms with Crippen molar-refractivity contribution in [3.8, 4) is 17.2 Å². The van der Waals surface area contributed by atoms with Crippen LogP contribution in [0.3, 0.4) is 0 Å². The van der Waals surface area contributed by atoms with Crippen LogP contribution in [0.25, 0.3) is 0 Å². The van der Waals surface area contributed by atoms with Crippen molar-refractivity contribution in [3.63, 3.8) is 0 Å². The summed E-state index contributed by atoms with van der Waals surface area (Å²) >= 11 is 0. The van der Waals surface area contributed by atoms with E-state index in [0.717, 1.165) is 6.07 Å². The lowest BCUT2D eigenvalue weighted by Crippen LogP contribution is -2.24. The third-order valence-corrected chi connectivity index (χ3v) is 3.14. The Labute approximate surface area is 149 Å². The summed E-state index contributed by atoms with van der Waals surface area (Å²) in [5, 5.41) is 22.5. The van der Waals surface area contributed by atoms with Gasteiger partial charge in [-0.2, -0.15) is 5.10 Å². The zero-order valence-corrected chi connectivity index (χ0v) is 14.0. The highest BCUT2D eigenvalue weighted by atomic mass is 16.5. The quantitative estimate of drug-likeness (QED) is 0.395. The number of benzene rings is 2. The first-order valence-corrected chi connectivity index (χ1v) is 7.73. The molecule has 8 heteroatoms. The molecule has 8 nitrogen and oxygen atoms in total. The van der Waals surface area contributed by atoms with Crippen LogP contribution in [0.2, 0.25) is 0 Å². The highest BCUT2D eigenvalue weighted by Crippen LogP contribution is 2.20. The zero-order chi connectivity index (χ0) is 18.9. The van der Waals surface area contributed by atoms with Crippen LogP contribution >= 0.6 is 0 Å². The van der Waals surface area contributed by atoms with Gasteiger partial charge in [-0.15, -0.1) is 0 Å². The Morgan fingerprint density at radius 1 is 1.15 bits per heavy atom. The summed E-state index contributed by atoms with van der Waals surface area (Å²) in [6.45, 7) is 1.73. The van der Waals surface area contributed by atoms with Gasteiger partial charge in [0, 0.05) is 11.6 Å². The van der Waals surface area contributed by atoms with Crippen molar-refractivity contribution < 1.29 is 29.3 Å². The number of aromatic hydroxyl groups is 2. The van der Waals surface area contributed by atoms with Crippen LogP contribution in [0.1, 0.15) is 22.8 Å². The van der Waals surface area contributed by atoms with Gasteiger partial charge in [-0.3, -0.25) is 4.79 Å². The van der Waals surface area contributed by atoms with E-state index in [2.05, 4.69) is 10.5 Å². The van der Waals surface area contributed by atoms with Crippen molar-refractivity contribution in [2.75, 3.05) is 13.2 Å². The van der Waals surface area contributed by atoms with Crippen molar-refractivity contribution in [2.24, 2.45) is 5.10 Å². The number of hydrazone groups is 1. The van der Waals surface area contributed by atoms with Crippen LogP contribution in [0.5, 0.6) is 17.2 Å². The molecule has 0 atom stereocenters. The van der Waals surface area contributed by atoms with Gasteiger partial charge in [0.2, 0.25) is 0 Å². The number of hydrogen-bond acceptors (Lipinski definition) is 7. The molecular formula is C18H18N2O6. The third kappa shape index (κ3) is 5.52. The van der Waals surface area contributed by atoms with Crippen LogP contribution in [-0.2, 0) is 9.53 Å². The van der Waals surface area contributed by atoms with E-state index in [0.29, 0.717) is 23.5 Å². The molecular weight excluding hydrogens is 340 g/mol. The predicted octanol–water partition coefficient (Wildman–Crippen LogP) is 1.80. The normalized spacial score (nSPS) is 10.5. The van der Waals surface area contributed by atoms with Gasteiger partial charge in [0.15, 0.2) is 6.61 Å². The molecule has 0 bridgehead atoms. The minimum atomic E-state index is -0.506. The van der Waals surface area contributed by atoms with Crippen LogP contribution in [0, 0.1) is 0 Å². The highest BCUT2D eigenvalue weighted by molar-refractivity contribution is 5.89. The SMILES string of the molecule is CCOC(=O)c1ccc(OCC(=O)NN=Cc2ccc(O)cc2O)cc1. The van der Waals surface area contributed by atoms with E-state index in [1.54, 1.807) is 19.1 Å². The number of phenolic OH excluding ortho intramolecular Hbond substituents is 2. The number of nitrogens with zero attached hydrogens (tertiary/aromatic N) is 1. The number of ether oxygens (including phenoxy) is 2. The molecule has 0 aliphatic rings. The summed E-state index contributed by atoms with van der Waals surface area (Å²) in [4.78, 5) is 23.2. The Balaban J connectivity index is 1.81. The van der Waals surface area contributed by atoms with Crippen LogP contribution in [-0.4, -0.2) is 41.5 Å². The van der Waals surface area contributed by atoms with Crippen molar-refractivity contribution in [3.05, 3.63) is 53.6 Å². The monoisotopic (exact) mass is 358 g/mol. The number of amides is 1. The minimum Gasteiger partial charge on any atom is -0.508 e. The Bertz CT molecular complexity index is 802. The largest absolute Gasteiger partial charge is 0.508 e. The molecule has 0 aliphatic carbocycles. The average Bonchev–Trinajstić information content (AvgIpc) is 2.62. The molecule has 3 N–H and O–H groups in total. The van der Waals surface area contributed by atoms with Crippen molar-refractivity contribution in [1.82, 2.24) is 5.43 Å². The van der Waals surface area contributed by atoms with E-state index < -0.39 is 11.9 Å². The molecule has 0 radical (unpaired) electrons. The van der Waals surface area contributed by atoms with Gasteiger partial charge in [-0.05, 0) is 43.3 Å². The zero-order valence-electron chi connectivity index (χ0n) is 14.0. The summed E-state index contributed by atoms with van der Waals surface area (Å²) in [6, 6.07) is 10.2. The molecule has 0 heterocycles. The highest BCUT2D eigenvalue weighted by Gasteiger charge is 2.07. The standard InChI is InChI=1S/C18H18N2O6/c1-2-25-18(24)12-4-7-15(8-5-12)26-11-17(23)20-19-10-13-3-6-14(21)9-16(13)22/h3-10,21-22H,2,11H2,1H3,(H,20,23). The first kappa shape index (κ1) is 18.8.